The SMILES string of the molecule is CC=CCCC(=O)CC=CC=C=CC(=O)CC. The summed E-state index contributed by atoms with van der Waals surface area (Å²) < 4.78 is 0. The summed E-state index contributed by atoms with van der Waals surface area (Å²) in [5.74, 6) is 0.276. The molecule has 0 fully saturated rings. The maximum Gasteiger partial charge on any atom is 0.163 e. The van der Waals surface area contributed by atoms with E-state index in [1.54, 1.807) is 25.2 Å². The van der Waals surface area contributed by atoms with E-state index >= 15 is 0 Å². The highest BCUT2D eigenvalue weighted by Gasteiger charge is 1.95. The van der Waals surface area contributed by atoms with Crippen molar-refractivity contribution in [3.05, 3.63) is 42.2 Å². The quantitative estimate of drug-likeness (QED) is 0.277. The summed E-state index contributed by atoms with van der Waals surface area (Å²) in [4.78, 5) is 22.2. The molecule has 92 valence electrons. The Morgan fingerprint density at radius 1 is 1.24 bits per heavy atom. The first-order chi connectivity index (χ1) is 8.20. The molecule has 0 aliphatic heterocycles. The topological polar surface area (TPSA) is 34.1 Å². The zero-order chi connectivity index (χ0) is 12.9. The lowest BCUT2D eigenvalue weighted by atomic mass is 10.1. The van der Waals surface area contributed by atoms with Gasteiger partial charge in [-0.15, -0.1) is 5.73 Å². The second kappa shape index (κ2) is 10.8. The van der Waals surface area contributed by atoms with Crippen LogP contribution in [0, 0.1) is 0 Å². The summed E-state index contributed by atoms with van der Waals surface area (Å²) in [5, 5.41) is 0. The Morgan fingerprint density at radius 2 is 2.00 bits per heavy atom. The van der Waals surface area contributed by atoms with Gasteiger partial charge in [0.25, 0.3) is 0 Å². The lowest BCUT2D eigenvalue weighted by molar-refractivity contribution is -0.118. The maximum absolute atomic E-state index is 11.3. The van der Waals surface area contributed by atoms with E-state index in [0.29, 0.717) is 19.3 Å². The predicted octanol–water partition coefficient (Wildman–Crippen LogP) is 3.55. The van der Waals surface area contributed by atoms with Crippen LogP contribution in [0.1, 0.15) is 39.5 Å². The normalized spacial score (nSPS) is 10.5. The Balaban J connectivity index is 3.84. The Morgan fingerprint density at radius 3 is 2.65 bits per heavy atom. The van der Waals surface area contributed by atoms with Crippen LogP contribution in [0.5, 0.6) is 0 Å². The molecule has 0 spiro atoms. The number of Topliss-reactive ketones (excluding diaryl/α,β-unsaturated/α-hetero) is 1. The van der Waals surface area contributed by atoms with E-state index in [0.717, 1.165) is 6.42 Å². The van der Waals surface area contributed by atoms with Crippen molar-refractivity contribution in [3.63, 3.8) is 0 Å². The second-order valence-electron chi connectivity index (χ2n) is 3.58. The minimum absolute atomic E-state index is 0.0529. The van der Waals surface area contributed by atoms with Gasteiger partial charge in [0, 0.05) is 25.3 Å². The van der Waals surface area contributed by atoms with Crippen LogP contribution in [0.2, 0.25) is 0 Å². The molecule has 0 radical (unpaired) electrons. The van der Waals surface area contributed by atoms with Gasteiger partial charge in [0.2, 0.25) is 0 Å². The summed E-state index contributed by atoms with van der Waals surface area (Å²) in [5.41, 5.74) is 2.75. The van der Waals surface area contributed by atoms with E-state index in [4.69, 9.17) is 0 Å². The number of rotatable bonds is 8. The fraction of sp³-hybridized carbons (Fsp3) is 0.400. The van der Waals surface area contributed by atoms with Crippen molar-refractivity contribution in [1.82, 2.24) is 0 Å². The molecule has 0 atom stereocenters. The number of hydrogen-bond acceptors (Lipinski definition) is 2. The molecule has 0 N–H and O–H groups in total. The van der Waals surface area contributed by atoms with Gasteiger partial charge in [-0.25, -0.2) is 0 Å². The van der Waals surface area contributed by atoms with Gasteiger partial charge in [-0.05, 0) is 19.4 Å². The van der Waals surface area contributed by atoms with Crippen molar-refractivity contribution < 1.29 is 9.59 Å². The highest BCUT2D eigenvalue weighted by atomic mass is 16.1. The van der Waals surface area contributed by atoms with E-state index in [1.807, 2.05) is 19.1 Å². The van der Waals surface area contributed by atoms with Crippen molar-refractivity contribution in [2.75, 3.05) is 0 Å². The van der Waals surface area contributed by atoms with Crippen molar-refractivity contribution in [2.45, 2.75) is 39.5 Å². The van der Waals surface area contributed by atoms with E-state index < -0.39 is 0 Å². The van der Waals surface area contributed by atoms with Crippen molar-refractivity contribution in [3.8, 4) is 0 Å². The van der Waals surface area contributed by atoms with Gasteiger partial charge >= 0.3 is 0 Å². The van der Waals surface area contributed by atoms with Crippen LogP contribution in [0.15, 0.2) is 42.2 Å². The number of carbonyl (C=O) groups is 2. The van der Waals surface area contributed by atoms with Gasteiger partial charge < -0.3 is 0 Å². The zero-order valence-electron chi connectivity index (χ0n) is 10.6. The van der Waals surface area contributed by atoms with Gasteiger partial charge in [-0.2, -0.15) is 0 Å². The zero-order valence-corrected chi connectivity index (χ0v) is 10.6. The Kier molecular flexibility index (Phi) is 9.79. The van der Waals surface area contributed by atoms with E-state index in [-0.39, 0.29) is 11.6 Å². The molecule has 0 aromatic rings. The molecule has 0 heterocycles. The first kappa shape index (κ1) is 15.3. The first-order valence-corrected chi connectivity index (χ1v) is 5.94. The minimum atomic E-state index is 0.0529. The molecular formula is C15H20O2. The van der Waals surface area contributed by atoms with Gasteiger partial charge in [-0.3, -0.25) is 9.59 Å². The van der Waals surface area contributed by atoms with Gasteiger partial charge in [0.05, 0.1) is 0 Å². The standard InChI is InChI=1S/C15H20O2/c1-3-5-8-12-15(17)13-10-7-6-9-11-14(16)4-2/h3,5-7,10-11H,4,8,12-13H2,1-2H3. The average molecular weight is 232 g/mol. The summed E-state index contributed by atoms with van der Waals surface area (Å²) >= 11 is 0. The second-order valence-corrected chi connectivity index (χ2v) is 3.58. The summed E-state index contributed by atoms with van der Waals surface area (Å²) in [7, 11) is 0. The molecule has 17 heavy (non-hydrogen) atoms. The fourth-order valence-electron chi connectivity index (χ4n) is 1.08. The monoisotopic (exact) mass is 232 g/mol. The third kappa shape index (κ3) is 10.6. The molecule has 0 saturated carbocycles. The summed E-state index contributed by atoms with van der Waals surface area (Å²) in [6, 6.07) is 0. The molecule has 0 unspecified atom stereocenters. The highest BCUT2D eigenvalue weighted by Crippen LogP contribution is 1.97. The number of hydrogen-bond donors (Lipinski definition) is 0. The van der Waals surface area contributed by atoms with Crippen LogP contribution in [0.25, 0.3) is 0 Å². The van der Waals surface area contributed by atoms with Crippen molar-refractivity contribution in [2.24, 2.45) is 0 Å². The average Bonchev–Trinajstić information content (AvgIpc) is 2.33. The largest absolute Gasteiger partial charge is 0.299 e. The van der Waals surface area contributed by atoms with Gasteiger partial charge in [0.15, 0.2) is 5.78 Å². The lowest BCUT2D eigenvalue weighted by Crippen LogP contribution is -1.93. The lowest BCUT2D eigenvalue weighted by Gasteiger charge is -1.91. The third-order valence-electron chi connectivity index (χ3n) is 2.09. The molecule has 2 nitrogen and oxygen atoms in total. The molecule has 0 rings (SSSR count). The van der Waals surface area contributed by atoms with Gasteiger partial charge in [0.1, 0.15) is 5.78 Å². The van der Waals surface area contributed by atoms with E-state index in [9.17, 15) is 9.59 Å². The molecule has 2 heteroatoms. The Bertz CT molecular complexity index is 353. The molecule has 0 aliphatic carbocycles. The Labute approximate surface area is 103 Å². The number of ketones is 2. The number of allylic oxidation sites excluding steroid dienone is 5. The van der Waals surface area contributed by atoms with Crippen LogP contribution in [0.4, 0.5) is 0 Å². The van der Waals surface area contributed by atoms with Crippen LogP contribution in [0.3, 0.4) is 0 Å². The fourth-order valence-corrected chi connectivity index (χ4v) is 1.08. The minimum Gasteiger partial charge on any atom is -0.299 e. The van der Waals surface area contributed by atoms with Crippen molar-refractivity contribution >= 4 is 11.6 Å². The summed E-state index contributed by atoms with van der Waals surface area (Å²) in [6.07, 6.45) is 12.9. The molecular weight excluding hydrogens is 212 g/mol. The van der Waals surface area contributed by atoms with Crippen molar-refractivity contribution in [1.29, 1.82) is 0 Å². The van der Waals surface area contributed by atoms with Crippen LogP contribution >= 0.6 is 0 Å². The first-order valence-electron chi connectivity index (χ1n) is 5.94. The van der Waals surface area contributed by atoms with Crippen LogP contribution in [-0.4, -0.2) is 11.6 Å². The summed E-state index contributed by atoms with van der Waals surface area (Å²) in [6.45, 7) is 3.75. The van der Waals surface area contributed by atoms with Crippen LogP contribution in [-0.2, 0) is 9.59 Å². The van der Waals surface area contributed by atoms with E-state index in [1.165, 1.54) is 6.08 Å². The Hall–Kier alpha value is -1.66. The molecule has 0 aliphatic rings. The molecule has 0 aromatic heterocycles. The molecule has 0 aromatic carbocycles. The maximum atomic E-state index is 11.3. The molecule has 0 bridgehead atoms. The van der Waals surface area contributed by atoms with E-state index in [2.05, 4.69) is 5.73 Å². The predicted molar refractivity (Wildman–Crippen MR) is 70.8 cm³/mol. The third-order valence-corrected chi connectivity index (χ3v) is 2.09. The van der Waals surface area contributed by atoms with Gasteiger partial charge in [-0.1, -0.05) is 31.2 Å². The highest BCUT2D eigenvalue weighted by molar-refractivity contribution is 5.89. The smallest absolute Gasteiger partial charge is 0.163 e. The molecule has 0 saturated heterocycles. The number of carbonyl (C=O) groups excluding carboxylic acids is 2. The van der Waals surface area contributed by atoms with Crippen LogP contribution < -0.4 is 0 Å². The molecule has 0 amide bonds.